The fourth-order valence-corrected chi connectivity index (χ4v) is 3.20. The quantitative estimate of drug-likeness (QED) is 0.537. The zero-order chi connectivity index (χ0) is 18.0. The number of nitrogens with two attached hydrogens (primary N) is 1. The van der Waals surface area contributed by atoms with E-state index in [0.717, 1.165) is 0 Å². The lowest BCUT2D eigenvalue weighted by Gasteiger charge is -2.59. The van der Waals surface area contributed by atoms with Crippen molar-refractivity contribution in [2.24, 2.45) is 5.73 Å². The van der Waals surface area contributed by atoms with Crippen LogP contribution in [0.15, 0.2) is 0 Å². The largest absolute Gasteiger partial charge is 0.316 e. The lowest BCUT2D eigenvalue weighted by Crippen LogP contribution is -2.66. The minimum Gasteiger partial charge on any atom is -0.316 e. The van der Waals surface area contributed by atoms with E-state index in [4.69, 9.17) is 80.1 Å². The van der Waals surface area contributed by atoms with E-state index in [1.807, 2.05) is 0 Å². The SMILES string of the molecule is [B]c1c([B])c([B])c(C2(N)C(=O)CCC([B])([B])C2([B])[B])c(Cl)c1[B]. The van der Waals surface area contributed by atoms with Gasteiger partial charge < -0.3 is 5.73 Å². The van der Waals surface area contributed by atoms with Crippen LogP contribution in [0.4, 0.5) is 0 Å². The van der Waals surface area contributed by atoms with E-state index >= 15 is 0 Å². The van der Waals surface area contributed by atoms with Crippen LogP contribution in [0, 0.1) is 0 Å². The van der Waals surface area contributed by atoms with Crippen LogP contribution in [-0.4, -0.2) is 68.6 Å². The molecule has 0 heterocycles. The molecule has 1 unspecified atom stereocenters. The number of carbonyl (C=O) groups excluding carboxylic acids is 1. The van der Waals surface area contributed by atoms with Gasteiger partial charge in [0.05, 0.1) is 36.9 Å². The Bertz CT molecular complexity index is 678. The molecule has 1 aromatic carbocycles. The summed E-state index contributed by atoms with van der Waals surface area (Å²) in [6.07, 6.45) is -0.0329. The Morgan fingerprint density at radius 2 is 1.39 bits per heavy atom. The first-order valence-corrected chi connectivity index (χ1v) is 7.08. The monoisotopic (exact) mass is 303 g/mol. The molecule has 0 spiro atoms. The maximum Gasteiger partial charge on any atom is 0.156 e. The van der Waals surface area contributed by atoms with Crippen LogP contribution in [0.25, 0.3) is 0 Å². The molecule has 1 aliphatic rings. The number of Topliss-reactive ketones (excluding diaryl/α,β-unsaturated/α-hetero) is 1. The lowest BCUT2D eigenvalue weighted by atomic mass is 9.21. The molecule has 1 atom stereocenters. The Kier molecular flexibility index (Phi) is 4.62. The molecule has 1 aromatic rings. The highest BCUT2D eigenvalue weighted by molar-refractivity contribution is 6.66. The average molecular weight is 302 g/mol. The van der Waals surface area contributed by atoms with Crippen LogP contribution in [-0.2, 0) is 10.3 Å². The van der Waals surface area contributed by atoms with Gasteiger partial charge in [0.25, 0.3) is 0 Å². The summed E-state index contributed by atoms with van der Waals surface area (Å²) in [6, 6.07) is 0. The van der Waals surface area contributed by atoms with Crippen LogP contribution >= 0.6 is 11.6 Å². The van der Waals surface area contributed by atoms with Gasteiger partial charge in [-0.05, 0) is 5.56 Å². The Morgan fingerprint density at radius 3 is 1.91 bits per heavy atom. The summed E-state index contributed by atoms with van der Waals surface area (Å²) in [5, 5.41) is -3.89. The van der Waals surface area contributed by atoms with Crippen molar-refractivity contribution in [3.05, 3.63) is 10.6 Å². The van der Waals surface area contributed by atoms with Crippen molar-refractivity contribution in [2.45, 2.75) is 28.8 Å². The molecule has 0 aliphatic heterocycles. The summed E-state index contributed by atoms with van der Waals surface area (Å²) < 4.78 is 0. The summed E-state index contributed by atoms with van der Waals surface area (Å²) in [5.74, 6) is -0.536. The number of hydrogen-bond donors (Lipinski definition) is 1. The van der Waals surface area contributed by atoms with Gasteiger partial charge in [-0.25, -0.2) is 0 Å². The zero-order valence-corrected chi connectivity index (χ0v) is 13.2. The molecule has 1 fully saturated rings. The van der Waals surface area contributed by atoms with Crippen LogP contribution in [0.1, 0.15) is 18.4 Å². The van der Waals surface area contributed by atoms with E-state index in [-0.39, 0.29) is 45.3 Å². The highest BCUT2D eigenvalue weighted by atomic mass is 35.5. The molecule has 0 aromatic heterocycles. The molecular formula is C12H6B8ClNO. The second kappa shape index (κ2) is 5.59. The number of carbonyl (C=O) groups is 1. The third-order valence-electron chi connectivity index (χ3n) is 4.62. The molecular weight excluding hydrogens is 296 g/mol. The summed E-state index contributed by atoms with van der Waals surface area (Å²) in [5.41, 5.74) is 3.72. The van der Waals surface area contributed by atoms with Crippen molar-refractivity contribution in [1.82, 2.24) is 0 Å². The van der Waals surface area contributed by atoms with Gasteiger partial charge in [0.2, 0.25) is 0 Å². The van der Waals surface area contributed by atoms with Gasteiger partial charge in [-0.2, -0.15) is 0 Å². The Balaban J connectivity index is 2.91. The molecule has 0 saturated heterocycles. The van der Waals surface area contributed by atoms with Crippen LogP contribution in [0.3, 0.4) is 0 Å². The number of rotatable bonds is 1. The van der Waals surface area contributed by atoms with Crippen molar-refractivity contribution < 1.29 is 4.79 Å². The highest BCUT2D eigenvalue weighted by Gasteiger charge is 2.57. The maximum atomic E-state index is 12.6. The molecule has 0 amide bonds. The third-order valence-corrected chi connectivity index (χ3v) is 5.01. The summed E-state index contributed by atoms with van der Waals surface area (Å²) >= 11 is 6.22. The highest BCUT2D eigenvalue weighted by Crippen LogP contribution is 2.59. The fraction of sp³-hybridized carbons (Fsp3) is 0.417. The van der Waals surface area contributed by atoms with Gasteiger partial charge in [0.15, 0.2) is 5.78 Å². The molecule has 16 radical (unpaired) electrons. The van der Waals surface area contributed by atoms with E-state index in [1.165, 1.54) is 0 Å². The van der Waals surface area contributed by atoms with Crippen LogP contribution in [0.5, 0.6) is 0 Å². The summed E-state index contributed by atoms with van der Waals surface area (Å²) in [4.78, 5) is 12.6. The first kappa shape index (κ1) is 19.0. The number of hydrogen-bond acceptors (Lipinski definition) is 2. The van der Waals surface area contributed by atoms with Gasteiger partial charge in [-0.3, -0.25) is 4.79 Å². The lowest BCUT2D eigenvalue weighted by molar-refractivity contribution is -0.127. The zero-order valence-electron chi connectivity index (χ0n) is 12.4. The Hall–Kier alpha value is -0.341. The van der Waals surface area contributed by atoms with Gasteiger partial charge in [0.1, 0.15) is 31.4 Å². The second-order valence-corrected chi connectivity index (χ2v) is 6.36. The third kappa shape index (κ3) is 2.35. The fourth-order valence-electron chi connectivity index (χ4n) is 2.85. The number of ketones is 1. The minimum absolute atomic E-state index is 0.0329. The predicted molar refractivity (Wildman–Crippen MR) is 102 cm³/mol. The van der Waals surface area contributed by atoms with Crippen molar-refractivity contribution in [2.75, 3.05) is 0 Å². The summed E-state index contributed by atoms with van der Waals surface area (Å²) in [7, 11) is 47.4. The van der Waals surface area contributed by atoms with Gasteiger partial charge in [-0.15, -0.1) is 16.1 Å². The Morgan fingerprint density at radius 1 is 0.913 bits per heavy atom. The summed E-state index contributed by atoms with van der Waals surface area (Å²) in [6.45, 7) is 0. The predicted octanol–water partition coefficient (Wildman–Crippen LogP) is -4.06. The topological polar surface area (TPSA) is 43.1 Å². The van der Waals surface area contributed by atoms with E-state index < -0.39 is 21.7 Å². The average Bonchev–Trinajstić information content (AvgIpc) is 2.46. The molecule has 0 bridgehead atoms. The van der Waals surface area contributed by atoms with Crippen molar-refractivity contribution in [1.29, 1.82) is 0 Å². The molecule has 11 heteroatoms. The molecule has 2 N–H and O–H groups in total. The maximum absolute atomic E-state index is 12.6. The van der Waals surface area contributed by atoms with E-state index in [2.05, 4.69) is 0 Å². The molecule has 23 heavy (non-hydrogen) atoms. The normalized spacial score (nSPS) is 26.1. The van der Waals surface area contributed by atoms with E-state index in [9.17, 15) is 4.79 Å². The molecule has 96 valence electrons. The Labute approximate surface area is 152 Å². The van der Waals surface area contributed by atoms with Crippen molar-refractivity contribution >= 4 is 102 Å². The molecule has 2 nitrogen and oxygen atoms in total. The van der Waals surface area contributed by atoms with Crippen molar-refractivity contribution in [3.8, 4) is 0 Å². The number of halogens is 1. The van der Waals surface area contributed by atoms with Crippen LogP contribution in [0.2, 0.25) is 15.5 Å². The molecule has 1 saturated carbocycles. The minimum atomic E-state index is -2.09. The van der Waals surface area contributed by atoms with Crippen LogP contribution < -0.4 is 27.6 Å². The number of benzene rings is 1. The molecule has 2 rings (SSSR count). The van der Waals surface area contributed by atoms with E-state index in [1.54, 1.807) is 0 Å². The van der Waals surface area contributed by atoms with Gasteiger partial charge in [-0.1, -0.05) is 34.2 Å². The van der Waals surface area contributed by atoms with Crippen molar-refractivity contribution in [3.63, 3.8) is 0 Å². The molecule has 1 aliphatic carbocycles. The first-order valence-electron chi connectivity index (χ1n) is 6.70. The smallest absolute Gasteiger partial charge is 0.156 e. The first-order chi connectivity index (χ1) is 10.3. The van der Waals surface area contributed by atoms with E-state index in [0.29, 0.717) is 0 Å². The van der Waals surface area contributed by atoms with Gasteiger partial charge >= 0.3 is 0 Å². The van der Waals surface area contributed by atoms with Gasteiger partial charge in [0, 0.05) is 11.4 Å². The second-order valence-electron chi connectivity index (χ2n) is 5.98. The standard InChI is InChI=1S/C12H6B8ClNO/c13-5-4(9(21)8(16)7(15)6(5)14)11(22)3(23)1-2-10(17,18)12(11,19)20/h1-2,22H2.